The smallest absolute Gasteiger partial charge is 0.252 e. The molecule has 3 N–H and O–H groups in total. The highest BCUT2D eigenvalue weighted by Gasteiger charge is 2.20. The summed E-state index contributed by atoms with van der Waals surface area (Å²) in [6.45, 7) is 0. The first kappa shape index (κ1) is 12.0. The number of rotatable bonds is 3. The quantitative estimate of drug-likeness (QED) is 0.873. The van der Waals surface area contributed by atoms with Gasteiger partial charge in [0, 0.05) is 19.3 Å². The van der Waals surface area contributed by atoms with E-state index in [0.717, 1.165) is 29.6 Å². The van der Waals surface area contributed by atoms with E-state index in [9.17, 15) is 4.79 Å². The van der Waals surface area contributed by atoms with E-state index in [1.807, 2.05) is 7.05 Å². The predicted molar refractivity (Wildman–Crippen MR) is 72.9 cm³/mol. The topological polar surface area (TPSA) is 85.8 Å². The normalized spacial score (nSPS) is 16.1. The van der Waals surface area contributed by atoms with E-state index in [1.54, 1.807) is 10.9 Å². The van der Waals surface area contributed by atoms with Crippen LogP contribution in [0.25, 0.3) is 11.0 Å². The molecule has 1 fully saturated rings. The van der Waals surface area contributed by atoms with Crippen LogP contribution in [0.1, 0.15) is 36.0 Å². The van der Waals surface area contributed by atoms with Gasteiger partial charge in [-0.25, -0.2) is 4.98 Å². The van der Waals surface area contributed by atoms with Crippen LogP contribution >= 0.6 is 0 Å². The number of hydrogen-bond donors (Lipinski definition) is 2. The number of carbonyl (C=O) groups is 1. The Morgan fingerprint density at radius 2 is 2.16 bits per heavy atom. The molecule has 2 aromatic rings. The predicted octanol–water partition coefficient (Wildman–Crippen LogP) is 1.42. The summed E-state index contributed by atoms with van der Waals surface area (Å²) in [5.74, 6) is -0.459. The maximum absolute atomic E-state index is 11.6. The first-order chi connectivity index (χ1) is 9.16. The molecule has 0 atom stereocenters. The number of pyridine rings is 1. The van der Waals surface area contributed by atoms with E-state index in [1.165, 1.54) is 19.0 Å². The van der Waals surface area contributed by atoms with E-state index in [0.29, 0.717) is 11.6 Å². The Bertz CT molecular complexity index is 627. The van der Waals surface area contributed by atoms with Gasteiger partial charge in [0.1, 0.15) is 0 Å². The van der Waals surface area contributed by atoms with Crippen LogP contribution < -0.4 is 11.1 Å². The number of aryl methyl sites for hydroxylation is 1. The number of amides is 1. The van der Waals surface area contributed by atoms with Crippen molar-refractivity contribution in [2.45, 2.75) is 31.7 Å². The van der Waals surface area contributed by atoms with Gasteiger partial charge in [0.15, 0.2) is 5.65 Å². The van der Waals surface area contributed by atoms with Crippen LogP contribution in [0.15, 0.2) is 12.4 Å². The summed E-state index contributed by atoms with van der Waals surface area (Å²) >= 11 is 0. The summed E-state index contributed by atoms with van der Waals surface area (Å²) in [5, 5.41) is 8.50. The molecule has 0 saturated heterocycles. The number of nitrogens with one attached hydrogen (secondary N) is 1. The van der Waals surface area contributed by atoms with Gasteiger partial charge in [-0.05, 0) is 12.8 Å². The highest BCUT2D eigenvalue weighted by Crippen LogP contribution is 2.29. The fourth-order valence-electron chi connectivity index (χ4n) is 2.71. The van der Waals surface area contributed by atoms with Gasteiger partial charge in [0.2, 0.25) is 0 Å². The van der Waals surface area contributed by atoms with Crippen LogP contribution in [0.2, 0.25) is 0 Å². The monoisotopic (exact) mass is 259 g/mol. The first-order valence-corrected chi connectivity index (χ1v) is 6.54. The van der Waals surface area contributed by atoms with Crippen molar-refractivity contribution in [3.8, 4) is 0 Å². The first-order valence-electron chi connectivity index (χ1n) is 6.54. The number of aromatic nitrogens is 3. The molecule has 0 unspecified atom stereocenters. The molecule has 1 aliphatic rings. The molecule has 100 valence electrons. The minimum absolute atomic E-state index is 0.406. The fraction of sp³-hybridized carbons (Fsp3) is 0.462. The Morgan fingerprint density at radius 3 is 2.84 bits per heavy atom. The molecule has 1 saturated carbocycles. The lowest BCUT2D eigenvalue weighted by Gasteiger charge is -2.16. The second kappa shape index (κ2) is 4.53. The zero-order chi connectivity index (χ0) is 13.4. The second-order valence-corrected chi connectivity index (χ2v) is 5.04. The third-order valence-corrected chi connectivity index (χ3v) is 3.73. The number of nitrogens with zero attached hydrogens (tertiary/aromatic N) is 3. The van der Waals surface area contributed by atoms with E-state index >= 15 is 0 Å². The Hall–Kier alpha value is -2.11. The highest BCUT2D eigenvalue weighted by atomic mass is 16.1. The van der Waals surface area contributed by atoms with Gasteiger partial charge in [-0.1, -0.05) is 12.8 Å². The molecule has 0 bridgehead atoms. The molecule has 0 radical (unpaired) electrons. The van der Waals surface area contributed by atoms with Crippen LogP contribution in [0.3, 0.4) is 0 Å². The molecule has 19 heavy (non-hydrogen) atoms. The molecule has 2 heterocycles. The summed E-state index contributed by atoms with van der Waals surface area (Å²) < 4.78 is 1.69. The Kier molecular flexibility index (Phi) is 2.85. The van der Waals surface area contributed by atoms with E-state index in [4.69, 9.17) is 5.73 Å². The maximum Gasteiger partial charge on any atom is 0.252 e. The Balaban J connectivity index is 2.10. The van der Waals surface area contributed by atoms with Crippen molar-refractivity contribution >= 4 is 22.6 Å². The van der Waals surface area contributed by atoms with Crippen molar-refractivity contribution in [1.29, 1.82) is 0 Å². The number of carbonyl (C=O) groups excluding carboxylic acids is 1. The van der Waals surface area contributed by atoms with Crippen LogP contribution in [-0.2, 0) is 7.05 Å². The van der Waals surface area contributed by atoms with Gasteiger partial charge in [-0.2, -0.15) is 5.10 Å². The van der Waals surface area contributed by atoms with Crippen molar-refractivity contribution in [3.05, 3.63) is 18.0 Å². The molecule has 0 aromatic carbocycles. The van der Waals surface area contributed by atoms with Crippen LogP contribution in [-0.4, -0.2) is 26.7 Å². The Labute approximate surface area is 111 Å². The fourth-order valence-corrected chi connectivity index (χ4v) is 2.71. The summed E-state index contributed by atoms with van der Waals surface area (Å²) in [5.41, 5.74) is 7.41. The standard InChI is InChI=1S/C13H17N5O/c1-18-13-10(7-16-18)11(9(6-15-13)12(14)19)17-8-4-2-3-5-8/h6-8H,2-5H2,1H3,(H2,14,19)(H,15,17). The van der Waals surface area contributed by atoms with Crippen LogP contribution in [0, 0.1) is 0 Å². The third kappa shape index (κ3) is 2.03. The zero-order valence-electron chi connectivity index (χ0n) is 10.9. The average Bonchev–Trinajstić information content (AvgIpc) is 3.00. The largest absolute Gasteiger partial charge is 0.381 e. The van der Waals surface area contributed by atoms with Crippen molar-refractivity contribution in [3.63, 3.8) is 0 Å². The van der Waals surface area contributed by atoms with Gasteiger partial charge in [0.25, 0.3) is 5.91 Å². The number of fused-ring (bicyclic) bond motifs is 1. The van der Waals surface area contributed by atoms with Crippen molar-refractivity contribution in [2.24, 2.45) is 12.8 Å². The van der Waals surface area contributed by atoms with E-state index in [-0.39, 0.29) is 0 Å². The Morgan fingerprint density at radius 1 is 1.42 bits per heavy atom. The molecule has 0 spiro atoms. The summed E-state index contributed by atoms with van der Waals surface area (Å²) in [7, 11) is 1.83. The summed E-state index contributed by atoms with van der Waals surface area (Å²) in [4.78, 5) is 15.8. The molecular formula is C13H17N5O. The third-order valence-electron chi connectivity index (χ3n) is 3.73. The van der Waals surface area contributed by atoms with Crippen molar-refractivity contribution in [1.82, 2.24) is 14.8 Å². The van der Waals surface area contributed by atoms with E-state index < -0.39 is 5.91 Å². The number of nitrogens with two attached hydrogens (primary N) is 1. The molecule has 1 amide bonds. The van der Waals surface area contributed by atoms with Gasteiger partial charge in [0.05, 0.1) is 22.8 Å². The molecule has 3 rings (SSSR count). The van der Waals surface area contributed by atoms with Gasteiger partial charge in [-0.15, -0.1) is 0 Å². The van der Waals surface area contributed by atoms with Crippen LogP contribution in [0.4, 0.5) is 5.69 Å². The number of anilines is 1. The number of hydrogen-bond acceptors (Lipinski definition) is 4. The lowest BCUT2D eigenvalue weighted by atomic mass is 10.1. The molecule has 6 heteroatoms. The summed E-state index contributed by atoms with van der Waals surface area (Å²) in [6, 6.07) is 0.406. The van der Waals surface area contributed by atoms with Crippen LogP contribution in [0.5, 0.6) is 0 Å². The second-order valence-electron chi connectivity index (χ2n) is 5.04. The molecule has 2 aromatic heterocycles. The molecule has 6 nitrogen and oxygen atoms in total. The molecular weight excluding hydrogens is 242 g/mol. The molecule has 1 aliphatic carbocycles. The lowest BCUT2D eigenvalue weighted by Crippen LogP contribution is -2.20. The number of primary amides is 1. The minimum Gasteiger partial charge on any atom is -0.381 e. The van der Waals surface area contributed by atoms with Gasteiger partial charge < -0.3 is 11.1 Å². The maximum atomic E-state index is 11.6. The lowest BCUT2D eigenvalue weighted by molar-refractivity contribution is 0.100. The van der Waals surface area contributed by atoms with Crippen molar-refractivity contribution < 1.29 is 4.79 Å². The van der Waals surface area contributed by atoms with E-state index in [2.05, 4.69) is 15.4 Å². The summed E-state index contributed by atoms with van der Waals surface area (Å²) in [6.07, 6.45) is 7.97. The van der Waals surface area contributed by atoms with Crippen molar-refractivity contribution in [2.75, 3.05) is 5.32 Å². The van der Waals surface area contributed by atoms with Gasteiger partial charge in [-0.3, -0.25) is 9.48 Å². The van der Waals surface area contributed by atoms with Gasteiger partial charge >= 0.3 is 0 Å². The average molecular weight is 259 g/mol. The highest BCUT2D eigenvalue weighted by molar-refractivity contribution is 6.05. The zero-order valence-corrected chi connectivity index (χ0v) is 10.9. The minimum atomic E-state index is -0.459. The molecule has 0 aliphatic heterocycles. The SMILES string of the molecule is Cn1ncc2c(NC3CCCC3)c(C(N)=O)cnc21.